The Morgan fingerprint density at radius 3 is 1.80 bits per heavy atom. The van der Waals surface area contributed by atoms with Gasteiger partial charge in [0.15, 0.2) is 17.5 Å². The maximum absolute atomic E-state index is 6.34. The average Bonchev–Trinajstić information content (AvgIpc) is 3.56. The summed E-state index contributed by atoms with van der Waals surface area (Å²) in [6.07, 6.45) is 0. The zero-order valence-electron chi connectivity index (χ0n) is 26.3. The molecule has 10 rings (SSSR count). The van der Waals surface area contributed by atoms with Crippen molar-refractivity contribution < 1.29 is 4.42 Å². The third-order valence-corrected chi connectivity index (χ3v) is 9.47. The molecule has 0 saturated heterocycles. The predicted octanol–water partition coefficient (Wildman–Crippen LogP) is 11.9. The second-order valence-corrected chi connectivity index (χ2v) is 12.5. The number of hydrogen-bond donors (Lipinski definition) is 0. The number of hydrogen-bond acceptors (Lipinski definition) is 4. The average molecular weight is 626 g/mol. The molecule has 0 spiro atoms. The van der Waals surface area contributed by atoms with E-state index in [0.717, 1.165) is 76.7 Å². The Morgan fingerprint density at radius 2 is 0.918 bits per heavy atom. The Balaban J connectivity index is 1.17. The quantitative estimate of drug-likeness (QED) is 0.195. The molecule has 0 aliphatic carbocycles. The first-order chi connectivity index (χ1) is 24.2. The molecular formula is C45H27N3O. The summed E-state index contributed by atoms with van der Waals surface area (Å²) in [5.41, 5.74) is 6.89. The van der Waals surface area contributed by atoms with Crippen LogP contribution in [0.5, 0.6) is 0 Å². The summed E-state index contributed by atoms with van der Waals surface area (Å²) in [6, 6.07) is 57.0. The first kappa shape index (κ1) is 27.5. The molecule has 0 amide bonds. The number of fused-ring (bicyclic) bond motifs is 7. The molecule has 49 heavy (non-hydrogen) atoms. The normalized spacial score (nSPS) is 11.7. The van der Waals surface area contributed by atoms with Crippen LogP contribution in [0.15, 0.2) is 168 Å². The fourth-order valence-corrected chi connectivity index (χ4v) is 7.02. The Kier molecular flexibility index (Phi) is 6.15. The van der Waals surface area contributed by atoms with Gasteiger partial charge in [-0.25, -0.2) is 15.0 Å². The highest BCUT2D eigenvalue weighted by Crippen LogP contribution is 2.38. The van der Waals surface area contributed by atoms with E-state index in [1.807, 2.05) is 42.5 Å². The zero-order chi connectivity index (χ0) is 32.3. The van der Waals surface area contributed by atoms with Crippen molar-refractivity contribution in [3.63, 3.8) is 0 Å². The van der Waals surface area contributed by atoms with Gasteiger partial charge in [-0.2, -0.15) is 0 Å². The van der Waals surface area contributed by atoms with Crippen LogP contribution in [0.4, 0.5) is 0 Å². The van der Waals surface area contributed by atoms with Gasteiger partial charge in [0.25, 0.3) is 0 Å². The monoisotopic (exact) mass is 625 g/mol. The molecule has 2 heterocycles. The molecule has 0 saturated carbocycles. The van der Waals surface area contributed by atoms with Crippen molar-refractivity contribution in [1.82, 2.24) is 15.0 Å². The minimum atomic E-state index is 0.639. The Morgan fingerprint density at radius 1 is 0.327 bits per heavy atom. The van der Waals surface area contributed by atoms with Gasteiger partial charge >= 0.3 is 0 Å². The van der Waals surface area contributed by atoms with Crippen LogP contribution < -0.4 is 0 Å². The number of furan rings is 1. The topological polar surface area (TPSA) is 51.8 Å². The van der Waals surface area contributed by atoms with E-state index in [-0.39, 0.29) is 0 Å². The minimum absolute atomic E-state index is 0.639. The van der Waals surface area contributed by atoms with Crippen LogP contribution in [0.3, 0.4) is 0 Å². The molecule has 4 nitrogen and oxygen atoms in total. The van der Waals surface area contributed by atoms with E-state index in [1.165, 1.54) is 5.39 Å². The van der Waals surface area contributed by atoms with Gasteiger partial charge in [-0.05, 0) is 80.5 Å². The summed E-state index contributed by atoms with van der Waals surface area (Å²) in [5, 5.41) is 9.04. The fourth-order valence-electron chi connectivity index (χ4n) is 7.02. The summed E-state index contributed by atoms with van der Waals surface area (Å²) >= 11 is 0. The lowest BCUT2D eigenvalue weighted by molar-refractivity contribution is 0.672. The molecular weight excluding hydrogens is 599 g/mol. The van der Waals surface area contributed by atoms with Crippen molar-refractivity contribution in [2.75, 3.05) is 0 Å². The van der Waals surface area contributed by atoms with E-state index in [0.29, 0.717) is 17.5 Å². The van der Waals surface area contributed by atoms with Crippen LogP contribution in [0.25, 0.3) is 99.5 Å². The lowest BCUT2D eigenvalue weighted by Crippen LogP contribution is -2.01. The summed E-state index contributed by atoms with van der Waals surface area (Å²) in [5.74, 6) is 1.92. The Hall–Kier alpha value is -6.65. The number of nitrogens with zero attached hydrogens (tertiary/aromatic N) is 3. The van der Waals surface area contributed by atoms with E-state index in [1.54, 1.807) is 0 Å². The summed E-state index contributed by atoms with van der Waals surface area (Å²) < 4.78 is 6.34. The first-order valence-electron chi connectivity index (χ1n) is 16.4. The van der Waals surface area contributed by atoms with Gasteiger partial charge in [0.2, 0.25) is 0 Å². The van der Waals surface area contributed by atoms with Crippen molar-refractivity contribution in [2.24, 2.45) is 0 Å². The number of benzene rings is 8. The first-order valence-corrected chi connectivity index (χ1v) is 16.4. The molecule has 0 aliphatic heterocycles. The smallest absolute Gasteiger partial charge is 0.164 e. The van der Waals surface area contributed by atoms with Crippen LogP contribution in [0.2, 0.25) is 0 Å². The molecule has 10 aromatic rings. The third-order valence-electron chi connectivity index (χ3n) is 9.47. The highest BCUT2D eigenvalue weighted by molar-refractivity contribution is 6.15. The lowest BCUT2D eigenvalue weighted by Gasteiger charge is -2.13. The van der Waals surface area contributed by atoms with Gasteiger partial charge in [0, 0.05) is 32.8 Å². The summed E-state index contributed by atoms with van der Waals surface area (Å²) in [4.78, 5) is 15.3. The number of rotatable bonds is 4. The van der Waals surface area contributed by atoms with Crippen molar-refractivity contribution in [1.29, 1.82) is 0 Å². The van der Waals surface area contributed by atoms with Gasteiger partial charge in [-0.15, -0.1) is 0 Å². The highest BCUT2D eigenvalue weighted by atomic mass is 16.3. The second-order valence-electron chi connectivity index (χ2n) is 12.5. The van der Waals surface area contributed by atoms with Crippen LogP contribution >= 0.6 is 0 Å². The molecule has 4 heteroatoms. The van der Waals surface area contributed by atoms with E-state index in [9.17, 15) is 0 Å². The molecule has 0 radical (unpaired) electrons. The molecule has 0 bridgehead atoms. The molecule has 2 aromatic heterocycles. The van der Waals surface area contributed by atoms with Gasteiger partial charge in [-0.1, -0.05) is 121 Å². The standard InChI is InChI=1S/C45H27N3O/c1-2-11-29(12-3-1)43-46-44(34-19-18-28-10-4-5-13-30(28)25-34)48-45(47-43)40-27-35(26-32-14-6-7-15-36(32)40)31-20-22-37-33(24-31)21-23-39-38-16-8-9-17-41(38)49-42(37)39/h1-27H. The molecule has 0 N–H and O–H groups in total. The lowest BCUT2D eigenvalue weighted by atomic mass is 9.94. The van der Waals surface area contributed by atoms with Crippen LogP contribution in [0.1, 0.15) is 0 Å². The minimum Gasteiger partial charge on any atom is -0.455 e. The second kappa shape index (κ2) is 11.0. The summed E-state index contributed by atoms with van der Waals surface area (Å²) in [6.45, 7) is 0. The van der Waals surface area contributed by atoms with Crippen molar-refractivity contribution in [3.8, 4) is 45.3 Å². The van der Waals surface area contributed by atoms with Crippen molar-refractivity contribution in [3.05, 3.63) is 164 Å². The van der Waals surface area contributed by atoms with Crippen LogP contribution in [0, 0.1) is 0 Å². The predicted molar refractivity (Wildman–Crippen MR) is 201 cm³/mol. The Labute approximate surface area is 282 Å². The third kappa shape index (κ3) is 4.65. The number of aromatic nitrogens is 3. The van der Waals surface area contributed by atoms with E-state index >= 15 is 0 Å². The van der Waals surface area contributed by atoms with Gasteiger partial charge in [0.1, 0.15) is 11.2 Å². The van der Waals surface area contributed by atoms with Crippen LogP contribution in [-0.2, 0) is 0 Å². The SMILES string of the molecule is c1ccc(-c2nc(-c3ccc4ccccc4c3)nc(-c3cc(-c4ccc5c(ccc6c7ccccc7oc56)c4)cc4ccccc34)n2)cc1. The maximum Gasteiger partial charge on any atom is 0.164 e. The van der Waals surface area contributed by atoms with Crippen LogP contribution in [-0.4, -0.2) is 15.0 Å². The van der Waals surface area contributed by atoms with Gasteiger partial charge in [-0.3, -0.25) is 0 Å². The van der Waals surface area contributed by atoms with Gasteiger partial charge in [0.05, 0.1) is 0 Å². The molecule has 0 aliphatic rings. The van der Waals surface area contributed by atoms with Crippen molar-refractivity contribution >= 4 is 54.3 Å². The zero-order valence-corrected chi connectivity index (χ0v) is 26.3. The van der Waals surface area contributed by atoms with E-state index in [4.69, 9.17) is 19.4 Å². The largest absolute Gasteiger partial charge is 0.455 e. The fraction of sp³-hybridized carbons (Fsp3) is 0. The summed E-state index contributed by atoms with van der Waals surface area (Å²) in [7, 11) is 0. The highest BCUT2D eigenvalue weighted by Gasteiger charge is 2.17. The van der Waals surface area contributed by atoms with Gasteiger partial charge < -0.3 is 4.42 Å². The maximum atomic E-state index is 6.34. The van der Waals surface area contributed by atoms with Crippen molar-refractivity contribution in [2.45, 2.75) is 0 Å². The molecule has 0 atom stereocenters. The molecule has 0 unspecified atom stereocenters. The molecule has 0 fully saturated rings. The van der Waals surface area contributed by atoms with E-state index in [2.05, 4.69) is 121 Å². The molecule has 8 aromatic carbocycles. The Bertz CT molecular complexity index is 2890. The van der Waals surface area contributed by atoms with E-state index < -0.39 is 0 Å². The molecule has 228 valence electrons. The number of para-hydroxylation sites is 1.